The van der Waals surface area contributed by atoms with Crippen molar-refractivity contribution in [1.82, 2.24) is 15.8 Å². The van der Waals surface area contributed by atoms with Gasteiger partial charge < -0.3 is 20.3 Å². The molecule has 3 N–H and O–H groups in total. The predicted molar refractivity (Wildman–Crippen MR) is 67.6 cm³/mol. The van der Waals surface area contributed by atoms with Crippen LogP contribution >= 0.6 is 0 Å². The van der Waals surface area contributed by atoms with Crippen molar-refractivity contribution in [2.45, 2.75) is 45.7 Å². The molecular formula is C12H19N3O4. The average molecular weight is 269 g/mol. The summed E-state index contributed by atoms with van der Waals surface area (Å²) in [5.74, 6) is -0.373. The molecule has 0 radical (unpaired) electrons. The smallest absolute Gasteiger partial charge is 0.315 e. The van der Waals surface area contributed by atoms with Gasteiger partial charge in [0, 0.05) is 12.1 Å². The van der Waals surface area contributed by atoms with Crippen LogP contribution < -0.4 is 10.6 Å². The maximum atomic E-state index is 11.6. The number of aromatic nitrogens is 1. The molecule has 1 heterocycles. The van der Waals surface area contributed by atoms with Crippen molar-refractivity contribution in [3.8, 4) is 0 Å². The molecule has 0 aromatic carbocycles. The van der Waals surface area contributed by atoms with Crippen LogP contribution in [0, 0.1) is 6.92 Å². The number of nitrogens with one attached hydrogen (secondary N) is 2. The highest BCUT2D eigenvalue weighted by Crippen LogP contribution is 2.03. The number of urea groups is 1. The summed E-state index contributed by atoms with van der Waals surface area (Å²) >= 11 is 0. The number of aliphatic carboxylic acids is 1. The Morgan fingerprint density at radius 1 is 1.53 bits per heavy atom. The lowest BCUT2D eigenvalue weighted by Gasteiger charge is -2.16. The summed E-state index contributed by atoms with van der Waals surface area (Å²) in [5.41, 5.74) is 0.743. The van der Waals surface area contributed by atoms with Gasteiger partial charge in [0.05, 0.1) is 18.7 Å². The van der Waals surface area contributed by atoms with E-state index in [1.807, 2.05) is 6.92 Å². The molecule has 106 valence electrons. The summed E-state index contributed by atoms with van der Waals surface area (Å²) < 4.78 is 4.95. The molecule has 0 fully saturated rings. The van der Waals surface area contributed by atoms with Crippen LogP contribution in [0.1, 0.15) is 37.6 Å². The molecule has 7 heteroatoms. The summed E-state index contributed by atoms with van der Waals surface area (Å²) in [7, 11) is 0. The highest BCUT2D eigenvalue weighted by molar-refractivity contribution is 5.75. The number of amides is 2. The van der Waals surface area contributed by atoms with E-state index in [2.05, 4.69) is 15.8 Å². The van der Waals surface area contributed by atoms with E-state index in [1.165, 1.54) is 0 Å². The summed E-state index contributed by atoms with van der Waals surface area (Å²) in [6, 6.07) is 0.953. The minimum Gasteiger partial charge on any atom is -0.481 e. The van der Waals surface area contributed by atoms with Crippen LogP contribution in [0.15, 0.2) is 10.6 Å². The fourth-order valence-corrected chi connectivity index (χ4v) is 1.69. The Labute approximate surface area is 111 Å². The van der Waals surface area contributed by atoms with Gasteiger partial charge in [-0.05, 0) is 13.3 Å². The standard InChI is InChI=1S/C12H19N3O4/c1-3-4-9(6-11(16)17)14-12(18)13-7-10-5-8(2)15-19-10/h5,9H,3-4,6-7H2,1-2H3,(H,16,17)(H2,13,14,18). The van der Waals surface area contributed by atoms with Gasteiger partial charge >= 0.3 is 12.0 Å². The average Bonchev–Trinajstić information content (AvgIpc) is 2.72. The van der Waals surface area contributed by atoms with E-state index in [4.69, 9.17) is 9.63 Å². The minimum atomic E-state index is -0.926. The van der Waals surface area contributed by atoms with E-state index in [9.17, 15) is 9.59 Å². The number of hydrogen-bond acceptors (Lipinski definition) is 4. The lowest BCUT2D eigenvalue weighted by molar-refractivity contribution is -0.137. The van der Waals surface area contributed by atoms with Crippen molar-refractivity contribution in [3.05, 3.63) is 17.5 Å². The molecule has 0 bridgehead atoms. The maximum absolute atomic E-state index is 11.6. The van der Waals surface area contributed by atoms with Gasteiger partial charge in [-0.25, -0.2) is 4.79 Å². The predicted octanol–water partition coefficient (Wildman–Crippen LogP) is 1.43. The molecule has 1 aromatic rings. The summed E-state index contributed by atoms with van der Waals surface area (Å²) in [6.07, 6.45) is 1.35. The van der Waals surface area contributed by atoms with Crippen molar-refractivity contribution < 1.29 is 19.2 Å². The zero-order valence-electron chi connectivity index (χ0n) is 11.1. The van der Waals surface area contributed by atoms with E-state index in [0.717, 1.165) is 12.1 Å². The Morgan fingerprint density at radius 2 is 2.26 bits per heavy atom. The monoisotopic (exact) mass is 269 g/mol. The normalized spacial score (nSPS) is 11.9. The van der Waals surface area contributed by atoms with Crippen LogP contribution in [-0.2, 0) is 11.3 Å². The SMILES string of the molecule is CCCC(CC(=O)O)NC(=O)NCc1cc(C)no1. The molecule has 0 saturated carbocycles. The van der Waals surface area contributed by atoms with Crippen molar-refractivity contribution in [1.29, 1.82) is 0 Å². The molecule has 1 unspecified atom stereocenters. The summed E-state index contributed by atoms with van der Waals surface area (Å²) in [4.78, 5) is 22.3. The Hall–Kier alpha value is -2.05. The molecule has 7 nitrogen and oxygen atoms in total. The first-order chi connectivity index (χ1) is 9.01. The molecular weight excluding hydrogens is 250 g/mol. The molecule has 19 heavy (non-hydrogen) atoms. The first-order valence-corrected chi connectivity index (χ1v) is 6.19. The third-order valence-electron chi connectivity index (χ3n) is 2.49. The largest absolute Gasteiger partial charge is 0.481 e. The number of carboxylic acids is 1. The molecule has 0 aliphatic rings. The second-order valence-electron chi connectivity index (χ2n) is 4.35. The van der Waals surface area contributed by atoms with Gasteiger partial charge in [-0.3, -0.25) is 4.79 Å². The molecule has 0 aliphatic heterocycles. The van der Waals surface area contributed by atoms with Crippen molar-refractivity contribution in [2.24, 2.45) is 0 Å². The maximum Gasteiger partial charge on any atom is 0.315 e. The number of carbonyl (C=O) groups excluding carboxylic acids is 1. The molecule has 1 rings (SSSR count). The Morgan fingerprint density at radius 3 is 2.79 bits per heavy atom. The quantitative estimate of drug-likeness (QED) is 0.694. The van der Waals surface area contributed by atoms with Gasteiger partial charge in [-0.1, -0.05) is 18.5 Å². The number of rotatable bonds is 7. The zero-order chi connectivity index (χ0) is 14.3. The molecule has 2 amide bonds. The van der Waals surface area contributed by atoms with Gasteiger partial charge in [0.25, 0.3) is 0 Å². The third-order valence-corrected chi connectivity index (χ3v) is 2.49. The van der Waals surface area contributed by atoms with Crippen molar-refractivity contribution in [2.75, 3.05) is 0 Å². The minimum absolute atomic E-state index is 0.0807. The Kier molecular flexibility index (Phi) is 5.84. The second kappa shape index (κ2) is 7.40. The van der Waals surface area contributed by atoms with Crippen molar-refractivity contribution >= 4 is 12.0 Å². The van der Waals surface area contributed by atoms with Crippen LogP contribution in [0.5, 0.6) is 0 Å². The number of hydrogen-bond donors (Lipinski definition) is 3. The van der Waals surface area contributed by atoms with Gasteiger partial charge in [-0.15, -0.1) is 0 Å². The van der Waals surface area contributed by atoms with E-state index in [1.54, 1.807) is 13.0 Å². The first kappa shape index (κ1) is 15.0. The number of nitrogens with zero attached hydrogens (tertiary/aromatic N) is 1. The third kappa shape index (κ3) is 5.89. The molecule has 0 aliphatic carbocycles. The molecule has 1 atom stereocenters. The van der Waals surface area contributed by atoms with Gasteiger partial charge in [0.15, 0.2) is 5.76 Å². The lowest BCUT2D eigenvalue weighted by Crippen LogP contribution is -2.42. The van der Waals surface area contributed by atoms with Gasteiger partial charge in [0.2, 0.25) is 0 Å². The van der Waals surface area contributed by atoms with E-state index in [0.29, 0.717) is 12.2 Å². The fraction of sp³-hybridized carbons (Fsp3) is 0.583. The number of aryl methyl sites for hydroxylation is 1. The van der Waals surface area contributed by atoms with Crippen molar-refractivity contribution in [3.63, 3.8) is 0 Å². The van der Waals surface area contributed by atoms with Gasteiger partial charge in [-0.2, -0.15) is 0 Å². The highest BCUT2D eigenvalue weighted by atomic mass is 16.5. The van der Waals surface area contributed by atoms with Gasteiger partial charge in [0.1, 0.15) is 0 Å². The highest BCUT2D eigenvalue weighted by Gasteiger charge is 2.15. The summed E-state index contributed by atoms with van der Waals surface area (Å²) in [5, 5.41) is 17.7. The number of carbonyl (C=O) groups is 2. The van der Waals surface area contributed by atoms with E-state index < -0.39 is 12.0 Å². The van der Waals surface area contributed by atoms with E-state index in [-0.39, 0.29) is 19.0 Å². The topological polar surface area (TPSA) is 104 Å². The Bertz CT molecular complexity index is 430. The van der Waals surface area contributed by atoms with Crippen LogP contribution in [0.4, 0.5) is 4.79 Å². The first-order valence-electron chi connectivity index (χ1n) is 6.19. The van der Waals surface area contributed by atoms with Crippen LogP contribution in [0.3, 0.4) is 0 Å². The fourth-order valence-electron chi connectivity index (χ4n) is 1.69. The molecule has 1 aromatic heterocycles. The Balaban J connectivity index is 2.37. The van der Waals surface area contributed by atoms with Crippen LogP contribution in [0.25, 0.3) is 0 Å². The molecule has 0 spiro atoms. The lowest BCUT2D eigenvalue weighted by atomic mass is 10.1. The summed E-state index contributed by atoms with van der Waals surface area (Å²) in [6.45, 7) is 3.95. The van der Waals surface area contributed by atoms with Crippen LogP contribution in [-0.4, -0.2) is 28.3 Å². The van der Waals surface area contributed by atoms with E-state index >= 15 is 0 Å². The number of carboxylic acid groups (broad SMARTS) is 1. The van der Waals surface area contributed by atoms with Crippen LogP contribution in [0.2, 0.25) is 0 Å². The molecule has 0 saturated heterocycles. The second-order valence-corrected chi connectivity index (χ2v) is 4.35. The zero-order valence-corrected chi connectivity index (χ0v) is 11.1.